The summed E-state index contributed by atoms with van der Waals surface area (Å²) in [5.41, 5.74) is 1.28. The van der Waals surface area contributed by atoms with Crippen LogP contribution in [0.3, 0.4) is 0 Å². The van der Waals surface area contributed by atoms with Crippen molar-refractivity contribution in [2.45, 2.75) is 26.3 Å². The van der Waals surface area contributed by atoms with E-state index in [0.717, 1.165) is 11.2 Å². The van der Waals surface area contributed by atoms with Crippen molar-refractivity contribution >= 4 is 39.6 Å². The zero-order valence-corrected chi connectivity index (χ0v) is 18.3. The van der Waals surface area contributed by atoms with Crippen molar-refractivity contribution in [3.8, 4) is 0 Å². The van der Waals surface area contributed by atoms with Crippen molar-refractivity contribution in [1.29, 1.82) is 0 Å². The number of carbonyl (C=O) groups excluding carboxylic acids is 1. The van der Waals surface area contributed by atoms with Gasteiger partial charge in [-0.25, -0.2) is 19.2 Å². The van der Waals surface area contributed by atoms with Gasteiger partial charge < -0.3 is 20.6 Å². The maximum Gasteiger partial charge on any atom is 0.404 e. The quantitative estimate of drug-likeness (QED) is 0.512. The summed E-state index contributed by atoms with van der Waals surface area (Å²) in [6.07, 6.45) is 2.30. The van der Waals surface area contributed by atoms with Gasteiger partial charge in [-0.3, -0.25) is 9.78 Å². The largest absolute Gasteiger partial charge is 0.465 e. The van der Waals surface area contributed by atoms with Gasteiger partial charge in [0.05, 0.1) is 17.2 Å². The fourth-order valence-electron chi connectivity index (χ4n) is 3.64. The van der Waals surface area contributed by atoms with Gasteiger partial charge in [0, 0.05) is 25.8 Å². The zero-order valence-electron chi connectivity index (χ0n) is 17.5. The minimum Gasteiger partial charge on any atom is -0.465 e. The molecule has 2 amide bonds. The third-order valence-corrected chi connectivity index (χ3v) is 6.22. The van der Waals surface area contributed by atoms with Gasteiger partial charge in [-0.2, -0.15) is 4.98 Å². The number of hydrogen-bond donors (Lipinski definition) is 3. The van der Waals surface area contributed by atoms with Crippen LogP contribution in [-0.4, -0.2) is 61.6 Å². The Balaban J connectivity index is 1.58. The van der Waals surface area contributed by atoms with Crippen molar-refractivity contribution < 1.29 is 19.1 Å². The maximum atomic E-state index is 13.5. The third-order valence-electron chi connectivity index (χ3n) is 5.25. The summed E-state index contributed by atoms with van der Waals surface area (Å²) in [5, 5.41) is 15.0. The van der Waals surface area contributed by atoms with E-state index in [1.807, 2.05) is 13.8 Å². The van der Waals surface area contributed by atoms with Gasteiger partial charge in [-0.05, 0) is 37.8 Å². The molecule has 3 aromatic heterocycles. The lowest BCUT2D eigenvalue weighted by atomic mass is 10.1. The molecular formula is C20H22FN7O3S. The molecule has 1 unspecified atom stereocenters. The highest BCUT2D eigenvalue weighted by Gasteiger charge is 2.30. The lowest BCUT2D eigenvalue weighted by molar-refractivity contribution is 0.0784. The number of halogens is 1. The SMILES string of the molecule is Cc1nc2nc(N[C@@H](C)c3cncc(F)c3)nc(C(=O)N3CCC(CNC(=O)O)C3)c2s1. The Morgan fingerprint density at radius 2 is 2.16 bits per heavy atom. The molecule has 3 aromatic rings. The average molecular weight is 460 g/mol. The first-order valence-corrected chi connectivity index (χ1v) is 10.9. The lowest BCUT2D eigenvalue weighted by Gasteiger charge is -2.18. The van der Waals surface area contributed by atoms with Gasteiger partial charge in [-0.15, -0.1) is 11.3 Å². The Bertz CT molecular complexity index is 1170. The van der Waals surface area contributed by atoms with Gasteiger partial charge in [0.1, 0.15) is 10.5 Å². The molecule has 32 heavy (non-hydrogen) atoms. The normalized spacial score (nSPS) is 16.8. The van der Waals surface area contributed by atoms with Crippen LogP contribution >= 0.6 is 11.3 Å². The Labute approximate surface area is 186 Å². The second kappa shape index (κ2) is 8.99. The van der Waals surface area contributed by atoms with E-state index in [4.69, 9.17) is 5.11 Å². The number of pyridine rings is 1. The van der Waals surface area contributed by atoms with E-state index in [-0.39, 0.29) is 29.5 Å². The van der Waals surface area contributed by atoms with Crippen LogP contribution in [0.15, 0.2) is 18.5 Å². The zero-order chi connectivity index (χ0) is 22.8. The number of rotatable bonds is 6. The number of nitrogens with zero attached hydrogens (tertiary/aromatic N) is 5. The van der Waals surface area contributed by atoms with E-state index in [1.54, 1.807) is 11.1 Å². The summed E-state index contributed by atoms with van der Waals surface area (Å²) in [4.78, 5) is 42.9. The van der Waals surface area contributed by atoms with Crippen LogP contribution in [0.25, 0.3) is 10.3 Å². The van der Waals surface area contributed by atoms with Crippen LogP contribution in [0.1, 0.15) is 40.4 Å². The highest BCUT2D eigenvalue weighted by Crippen LogP contribution is 2.28. The number of carboxylic acid groups (broad SMARTS) is 1. The van der Waals surface area contributed by atoms with Gasteiger partial charge in [0.15, 0.2) is 11.3 Å². The first-order valence-electron chi connectivity index (χ1n) is 10.1. The number of anilines is 1. The van der Waals surface area contributed by atoms with Crippen molar-refractivity contribution in [2.75, 3.05) is 25.0 Å². The number of aryl methyl sites for hydroxylation is 1. The molecule has 1 saturated heterocycles. The molecule has 4 heterocycles. The number of nitrogens with one attached hydrogen (secondary N) is 2. The molecule has 0 aliphatic carbocycles. The molecule has 0 aromatic carbocycles. The smallest absolute Gasteiger partial charge is 0.404 e. The summed E-state index contributed by atoms with van der Waals surface area (Å²) in [5.74, 6) is -0.429. The molecule has 1 fully saturated rings. The maximum absolute atomic E-state index is 13.5. The van der Waals surface area contributed by atoms with Gasteiger partial charge in [-0.1, -0.05) is 0 Å². The van der Waals surface area contributed by atoms with E-state index in [0.29, 0.717) is 42.0 Å². The molecule has 0 spiro atoms. The number of fused-ring (bicyclic) bond motifs is 1. The minimum atomic E-state index is -1.08. The van der Waals surface area contributed by atoms with E-state index in [2.05, 4.69) is 30.6 Å². The summed E-state index contributed by atoms with van der Waals surface area (Å²) >= 11 is 1.35. The summed E-state index contributed by atoms with van der Waals surface area (Å²) in [7, 11) is 0. The third kappa shape index (κ3) is 4.74. The number of hydrogen-bond acceptors (Lipinski definition) is 8. The number of likely N-dealkylation sites (tertiary alicyclic amines) is 1. The molecule has 0 bridgehead atoms. The highest BCUT2D eigenvalue weighted by atomic mass is 32.1. The van der Waals surface area contributed by atoms with Crippen LogP contribution in [-0.2, 0) is 0 Å². The summed E-state index contributed by atoms with van der Waals surface area (Å²) in [6.45, 7) is 4.90. The number of carbonyl (C=O) groups is 2. The molecule has 4 rings (SSSR count). The summed E-state index contributed by atoms with van der Waals surface area (Å²) < 4.78 is 14.1. The molecule has 0 radical (unpaired) electrons. The molecular weight excluding hydrogens is 437 g/mol. The van der Waals surface area contributed by atoms with Crippen LogP contribution < -0.4 is 10.6 Å². The van der Waals surface area contributed by atoms with Crippen LogP contribution in [0, 0.1) is 18.7 Å². The molecule has 12 heteroatoms. The average Bonchev–Trinajstić information content (AvgIpc) is 3.37. The van der Waals surface area contributed by atoms with E-state index >= 15 is 0 Å². The summed E-state index contributed by atoms with van der Waals surface area (Å²) in [6, 6.07) is 1.02. The number of amides is 2. The first-order chi connectivity index (χ1) is 15.3. The number of aromatic nitrogens is 4. The van der Waals surface area contributed by atoms with Crippen LogP contribution in [0.5, 0.6) is 0 Å². The minimum absolute atomic E-state index is 0.0497. The van der Waals surface area contributed by atoms with Gasteiger partial charge >= 0.3 is 6.09 Å². The predicted octanol–water partition coefficient (Wildman–Crippen LogP) is 2.83. The predicted molar refractivity (Wildman–Crippen MR) is 116 cm³/mol. The van der Waals surface area contributed by atoms with Crippen LogP contribution in [0.2, 0.25) is 0 Å². The second-order valence-electron chi connectivity index (χ2n) is 7.68. The molecule has 1 aliphatic rings. The van der Waals surface area contributed by atoms with Crippen molar-refractivity contribution in [3.05, 3.63) is 40.5 Å². The van der Waals surface area contributed by atoms with E-state index in [1.165, 1.54) is 17.4 Å². The fourth-order valence-corrected chi connectivity index (χ4v) is 4.48. The molecule has 1 aliphatic heterocycles. The van der Waals surface area contributed by atoms with Gasteiger partial charge in [0.2, 0.25) is 5.95 Å². The Hall–Kier alpha value is -3.41. The van der Waals surface area contributed by atoms with E-state index in [9.17, 15) is 14.0 Å². The highest BCUT2D eigenvalue weighted by molar-refractivity contribution is 7.18. The Morgan fingerprint density at radius 3 is 2.91 bits per heavy atom. The molecule has 2 atom stereocenters. The van der Waals surface area contributed by atoms with Crippen LogP contribution in [0.4, 0.5) is 15.1 Å². The first kappa shape index (κ1) is 21.8. The van der Waals surface area contributed by atoms with Crippen molar-refractivity contribution in [2.24, 2.45) is 5.92 Å². The topological polar surface area (TPSA) is 133 Å². The number of thiazole rings is 1. The van der Waals surface area contributed by atoms with Gasteiger partial charge in [0.25, 0.3) is 5.91 Å². The van der Waals surface area contributed by atoms with Crippen molar-refractivity contribution in [3.63, 3.8) is 0 Å². The van der Waals surface area contributed by atoms with E-state index < -0.39 is 11.9 Å². The molecule has 0 saturated carbocycles. The van der Waals surface area contributed by atoms with Crippen molar-refractivity contribution in [1.82, 2.24) is 30.2 Å². The monoisotopic (exact) mass is 459 g/mol. The second-order valence-corrected chi connectivity index (χ2v) is 8.88. The fraction of sp³-hybridized carbons (Fsp3) is 0.400. The Morgan fingerprint density at radius 1 is 1.34 bits per heavy atom. The Kier molecular flexibility index (Phi) is 6.12. The molecule has 10 nitrogen and oxygen atoms in total. The molecule has 168 valence electrons. The standard InChI is InChI=1S/C20H22FN7O3S/c1-10(13-5-14(21)8-22-7-13)24-19-26-15(16-17(27-19)25-11(2)32-16)18(29)28-4-3-12(9-28)6-23-20(30)31/h5,7-8,10,12,23H,3-4,6,9H2,1-2H3,(H,30,31)(H,24,26,27)/t10-,12?/m0/s1. The molecule has 3 N–H and O–H groups in total. The lowest BCUT2D eigenvalue weighted by Crippen LogP contribution is -2.33.